The first kappa shape index (κ1) is 15.9. The third kappa shape index (κ3) is 3.22. The van der Waals surface area contributed by atoms with Crippen molar-refractivity contribution in [1.29, 1.82) is 0 Å². The van der Waals surface area contributed by atoms with Gasteiger partial charge < -0.3 is 28.4 Å². The Bertz CT molecular complexity index is 388. The maximum absolute atomic E-state index is 5.98. The van der Waals surface area contributed by atoms with Crippen molar-refractivity contribution in [2.75, 3.05) is 19.1 Å². The Morgan fingerprint density at radius 3 is 2.33 bits per heavy atom. The van der Waals surface area contributed by atoms with Gasteiger partial charge in [-0.15, -0.1) is 11.6 Å². The molecule has 0 N–H and O–H groups in total. The molecule has 3 saturated heterocycles. The van der Waals surface area contributed by atoms with Crippen LogP contribution in [0.5, 0.6) is 0 Å². The fraction of sp³-hybridized carbons (Fsp3) is 1.00. The number of halogens is 1. The quantitative estimate of drug-likeness (QED) is 0.733. The third-order valence-electron chi connectivity index (χ3n) is 3.80. The minimum absolute atomic E-state index is 0.199. The number of hydrogen-bond donors (Lipinski definition) is 0. The first-order valence-corrected chi connectivity index (χ1v) is 7.85. The highest BCUT2D eigenvalue weighted by Crippen LogP contribution is 2.42. The van der Waals surface area contributed by atoms with Gasteiger partial charge in [0.25, 0.3) is 0 Å². The molecule has 0 unspecified atom stereocenters. The lowest BCUT2D eigenvalue weighted by molar-refractivity contribution is -0.246. The molecule has 3 rings (SSSR count). The zero-order chi connectivity index (χ0) is 15.3. The highest BCUT2D eigenvalue weighted by atomic mass is 35.5. The number of hydrogen-bond acceptors (Lipinski definition) is 6. The van der Waals surface area contributed by atoms with Crippen LogP contribution in [0.3, 0.4) is 0 Å². The Morgan fingerprint density at radius 1 is 1.00 bits per heavy atom. The monoisotopic (exact) mass is 322 g/mol. The van der Waals surface area contributed by atoms with Crippen molar-refractivity contribution < 1.29 is 28.4 Å². The summed E-state index contributed by atoms with van der Waals surface area (Å²) < 4.78 is 35.0. The Hall–Kier alpha value is 0.0500. The lowest BCUT2D eigenvalue weighted by Gasteiger charge is -2.26. The molecule has 0 aromatic heterocycles. The molecule has 0 spiro atoms. The van der Waals surface area contributed by atoms with Crippen molar-refractivity contribution in [2.45, 2.75) is 70.0 Å². The van der Waals surface area contributed by atoms with Gasteiger partial charge in [-0.05, 0) is 27.7 Å². The lowest BCUT2D eigenvalue weighted by Crippen LogP contribution is -2.40. The predicted octanol–water partition coefficient (Wildman–Crippen LogP) is 1.64. The normalized spacial score (nSPS) is 44.1. The van der Waals surface area contributed by atoms with Crippen LogP contribution in [0.2, 0.25) is 0 Å². The Labute approximate surface area is 129 Å². The van der Waals surface area contributed by atoms with Crippen LogP contribution < -0.4 is 0 Å². The maximum Gasteiger partial charge on any atom is 0.187 e. The standard InChI is InChI=1S/C14H23ClO6/c1-13(2)17-7-8(19-13)9-10-11(21-14(3,4)20-10)12(18-9)16-6-5-15/h8-12H,5-7H2,1-4H3/t8-,9-,10+,11+,12+/m1/s1. The maximum atomic E-state index is 5.98. The highest BCUT2D eigenvalue weighted by Gasteiger charge is 2.59. The molecule has 3 fully saturated rings. The summed E-state index contributed by atoms with van der Waals surface area (Å²) in [7, 11) is 0. The second-order valence-corrected chi connectivity index (χ2v) is 6.84. The fourth-order valence-corrected chi connectivity index (χ4v) is 3.15. The van der Waals surface area contributed by atoms with Crippen LogP contribution in [0, 0.1) is 0 Å². The van der Waals surface area contributed by atoms with Crippen LogP contribution in [0.4, 0.5) is 0 Å². The first-order chi connectivity index (χ1) is 9.81. The van der Waals surface area contributed by atoms with Crippen molar-refractivity contribution in [1.82, 2.24) is 0 Å². The van der Waals surface area contributed by atoms with Crippen molar-refractivity contribution in [3.63, 3.8) is 0 Å². The molecule has 21 heavy (non-hydrogen) atoms. The van der Waals surface area contributed by atoms with E-state index in [4.69, 9.17) is 40.0 Å². The Morgan fingerprint density at radius 2 is 1.71 bits per heavy atom. The van der Waals surface area contributed by atoms with E-state index in [9.17, 15) is 0 Å². The number of alkyl halides is 1. The highest BCUT2D eigenvalue weighted by molar-refractivity contribution is 6.17. The Kier molecular flexibility index (Phi) is 4.25. The van der Waals surface area contributed by atoms with Gasteiger partial charge in [-0.1, -0.05) is 0 Å². The summed E-state index contributed by atoms with van der Waals surface area (Å²) in [5.41, 5.74) is 0. The van der Waals surface area contributed by atoms with Gasteiger partial charge in [-0.3, -0.25) is 0 Å². The summed E-state index contributed by atoms with van der Waals surface area (Å²) in [6.07, 6.45) is -1.48. The van der Waals surface area contributed by atoms with Gasteiger partial charge in [-0.2, -0.15) is 0 Å². The third-order valence-corrected chi connectivity index (χ3v) is 3.96. The molecule has 0 aromatic carbocycles. The largest absolute Gasteiger partial charge is 0.349 e. The van der Waals surface area contributed by atoms with Gasteiger partial charge in [0.1, 0.15) is 24.4 Å². The second kappa shape index (κ2) is 5.60. The van der Waals surface area contributed by atoms with Gasteiger partial charge >= 0.3 is 0 Å². The summed E-state index contributed by atoms with van der Waals surface area (Å²) >= 11 is 5.68. The molecule has 0 aliphatic carbocycles. The van der Waals surface area contributed by atoms with Crippen molar-refractivity contribution >= 4 is 11.6 Å². The summed E-state index contributed by atoms with van der Waals surface area (Å²) in [5, 5.41) is 0. The molecule has 0 aromatic rings. The van der Waals surface area contributed by atoms with Gasteiger partial charge in [0, 0.05) is 5.88 Å². The molecule has 0 bridgehead atoms. The number of rotatable bonds is 4. The van der Waals surface area contributed by atoms with E-state index in [2.05, 4.69) is 0 Å². The van der Waals surface area contributed by atoms with Crippen LogP contribution >= 0.6 is 11.6 Å². The molecule has 0 saturated carbocycles. The van der Waals surface area contributed by atoms with E-state index in [-0.39, 0.29) is 24.4 Å². The first-order valence-electron chi connectivity index (χ1n) is 7.32. The molecule has 3 heterocycles. The molecule has 3 aliphatic rings. The van der Waals surface area contributed by atoms with E-state index in [0.29, 0.717) is 19.1 Å². The molecule has 0 radical (unpaired) electrons. The molecule has 0 amide bonds. The van der Waals surface area contributed by atoms with E-state index >= 15 is 0 Å². The molecule has 6 nitrogen and oxygen atoms in total. The number of ether oxygens (including phenoxy) is 6. The van der Waals surface area contributed by atoms with Crippen LogP contribution in [0.1, 0.15) is 27.7 Å². The smallest absolute Gasteiger partial charge is 0.187 e. The van der Waals surface area contributed by atoms with Crippen LogP contribution in [0.15, 0.2) is 0 Å². The van der Waals surface area contributed by atoms with Gasteiger partial charge in [-0.25, -0.2) is 0 Å². The molecule has 122 valence electrons. The zero-order valence-electron chi connectivity index (χ0n) is 12.8. The van der Waals surface area contributed by atoms with E-state index in [1.54, 1.807) is 0 Å². The summed E-state index contributed by atoms with van der Waals surface area (Å²) in [4.78, 5) is 0. The van der Waals surface area contributed by atoms with Crippen LogP contribution in [-0.2, 0) is 28.4 Å². The molecular weight excluding hydrogens is 300 g/mol. The topological polar surface area (TPSA) is 55.4 Å². The molecule has 7 heteroatoms. The van der Waals surface area contributed by atoms with E-state index in [0.717, 1.165) is 0 Å². The predicted molar refractivity (Wildman–Crippen MR) is 74.1 cm³/mol. The minimum Gasteiger partial charge on any atom is -0.349 e. The lowest BCUT2D eigenvalue weighted by atomic mass is 10.1. The number of fused-ring (bicyclic) bond motifs is 1. The Balaban J connectivity index is 1.72. The van der Waals surface area contributed by atoms with Crippen molar-refractivity contribution in [3.8, 4) is 0 Å². The van der Waals surface area contributed by atoms with E-state index in [1.807, 2.05) is 27.7 Å². The summed E-state index contributed by atoms with van der Waals surface area (Å²) in [6.45, 7) is 8.41. The average molecular weight is 323 g/mol. The average Bonchev–Trinajstić information content (AvgIpc) is 2.98. The van der Waals surface area contributed by atoms with E-state index < -0.39 is 17.9 Å². The van der Waals surface area contributed by atoms with Gasteiger partial charge in [0.2, 0.25) is 0 Å². The molecule has 5 atom stereocenters. The van der Waals surface area contributed by atoms with Crippen LogP contribution in [0.25, 0.3) is 0 Å². The van der Waals surface area contributed by atoms with Crippen molar-refractivity contribution in [3.05, 3.63) is 0 Å². The van der Waals surface area contributed by atoms with Crippen molar-refractivity contribution in [2.24, 2.45) is 0 Å². The zero-order valence-corrected chi connectivity index (χ0v) is 13.6. The summed E-state index contributed by atoms with van der Waals surface area (Å²) in [6, 6.07) is 0. The minimum atomic E-state index is -0.658. The molecular formula is C14H23ClO6. The fourth-order valence-electron chi connectivity index (χ4n) is 3.06. The molecule has 3 aliphatic heterocycles. The SMILES string of the molecule is CC1(C)O[C@@H]2[C@H](O1)[C@@H](OCCCl)O[C@@H]2[C@H]1COC(C)(C)O1. The van der Waals surface area contributed by atoms with Gasteiger partial charge in [0.15, 0.2) is 17.9 Å². The van der Waals surface area contributed by atoms with Crippen LogP contribution in [-0.4, -0.2) is 61.4 Å². The second-order valence-electron chi connectivity index (χ2n) is 6.46. The summed E-state index contributed by atoms with van der Waals surface area (Å²) in [5.74, 6) is -0.856. The van der Waals surface area contributed by atoms with E-state index in [1.165, 1.54) is 0 Å². The van der Waals surface area contributed by atoms with Gasteiger partial charge in [0.05, 0.1) is 13.2 Å².